The standard InChI is InChI=1S/C13H17N3O6/c1-14(6-7-15-9(17)2-3-10(15)18)8-13(21)22-16-11(19)4-5-12(16)20/h2-3,9,17H,4-8H2,1H3. The zero-order chi connectivity index (χ0) is 16.3. The van der Waals surface area contributed by atoms with Crippen LogP contribution in [0.15, 0.2) is 12.2 Å². The highest BCUT2D eigenvalue weighted by molar-refractivity contribution is 6.01. The fourth-order valence-electron chi connectivity index (χ4n) is 2.11. The van der Waals surface area contributed by atoms with Crippen molar-refractivity contribution in [3.05, 3.63) is 12.2 Å². The van der Waals surface area contributed by atoms with E-state index in [-0.39, 0.29) is 31.8 Å². The fraction of sp³-hybridized carbons (Fsp3) is 0.538. The van der Waals surface area contributed by atoms with Gasteiger partial charge in [-0.05, 0) is 13.1 Å². The number of hydroxylamine groups is 2. The van der Waals surface area contributed by atoms with Crippen molar-refractivity contribution < 1.29 is 29.1 Å². The molecule has 0 bridgehead atoms. The molecule has 22 heavy (non-hydrogen) atoms. The van der Waals surface area contributed by atoms with Crippen molar-refractivity contribution in [2.24, 2.45) is 0 Å². The average molecular weight is 311 g/mol. The molecule has 2 aliphatic rings. The number of rotatable bonds is 6. The topological polar surface area (TPSA) is 107 Å². The van der Waals surface area contributed by atoms with Gasteiger partial charge in [0.25, 0.3) is 11.8 Å². The van der Waals surface area contributed by atoms with E-state index in [0.717, 1.165) is 0 Å². The zero-order valence-corrected chi connectivity index (χ0v) is 12.1. The van der Waals surface area contributed by atoms with Crippen LogP contribution in [-0.4, -0.2) is 76.6 Å². The summed E-state index contributed by atoms with van der Waals surface area (Å²) in [6.07, 6.45) is 1.80. The molecule has 0 aromatic carbocycles. The highest BCUT2D eigenvalue weighted by atomic mass is 16.7. The number of aliphatic hydroxyl groups is 1. The normalized spacial score (nSPS) is 21.4. The SMILES string of the molecule is CN(CCN1C(=O)C=CC1O)CC(=O)ON1C(=O)CCC1=O. The summed E-state index contributed by atoms with van der Waals surface area (Å²) < 4.78 is 0. The van der Waals surface area contributed by atoms with Crippen molar-refractivity contribution in [2.75, 3.05) is 26.7 Å². The summed E-state index contributed by atoms with van der Waals surface area (Å²) in [6, 6.07) is 0. The number of carbonyl (C=O) groups excluding carboxylic acids is 4. The molecule has 0 radical (unpaired) electrons. The van der Waals surface area contributed by atoms with Gasteiger partial charge >= 0.3 is 5.97 Å². The summed E-state index contributed by atoms with van der Waals surface area (Å²) in [5.74, 6) is -2.09. The van der Waals surface area contributed by atoms with Crippen LogP contribution in [0.5, 0.6) is 0 Å². The maximum absolute atomic E-state index is 11.7. The molecule has 0 spiro atoms. The molecule has 0 saturated carbocycles. The summed E-state index contributed by atoms with van der Waals surface area (Å²) in [7, 11) is 1.62. The van der Waals surface area contributed by atoms with Crippen LogP contribution in [0.2, 0.25) is 0 Å². The quantitative estimate of drug-likeness (QED) is 0.579. The first-order valence-corrected chi connectivity index (χ1v) is 6.80. The first-order valence-electron chi connectivity index (χ1n) is 6.80. The molecular weight excluding hydrogens is 294 g/mol. The minimum absolute atomic E-state index is 0.0455. The van der Waals surface area contributed by atoms with Crippen LogP contribution in [0.1, 0.15) is 12.8 Å². The number of hydrogen-bond acceptors (Lipinski definition) is 7. The Kier molecular flexibility index (Phi) is 4.88. The van der Waals surface area contributed by atoms with Crippen LogP contribution in [0.3, 0.4) is 0 Å². The number of carbonyl (C=O) groups is 4. The largest absolute Gasteiger partial charge is 0.370 e. The second-order valence-corrected chi connectivity index (χ2v) is 5.09. The summed E-state index contributed by atoms with van der Waals surface area (Å²) in [4.78, 5) is 53.2. The molecule has 0 aliphatic carbocycles. The Morgan fingerprint density at radius 2 is 2.00 bits per heavy atom. The lowest BCUT2D eigenvalue weighted by atomic mass is 10.4. The predicted octanol–water partition coefficient (Wildman–Crippen LogP) is -1.76. The Balaban J connectivity index is 1.73. The molecule has 9 nitrogen and oxygen atoms in total. The van der Waals surface area contributed by atoms with Gasteiger partial charge in [-0.3, -0.25) is 19.3 Å². The molecule has 120 valence electrons. The third kappa shape index (κ3) is 3.68. The van der Waals surface area contributed by atoms with Crippen LogP contribution in [-0.2, 0) is 24.0 Å². The number of aliphatic hydroxyl groups excluding tert-OH is 1. The van der Waals surface area contributed by atoms with Crippen LogP contribution in [0.25, 0.3) is 0 Å². The molecule has 0 aromatic heterocycles. The van der Waals surface area contributed by atoms with Crippen molar-refractivity contribution in [2.45, 2.75) is 19.1 Å². The summed E-state index contributed by atoms with van der Waals surface area (Å²) >= 11 is 0. The third-order valence-electron chi connectivity index (χ3n) is 3.33. The lowest BCUT2D eigenvalue weighted by molar-refractivity contribution is -0.198. The van der Waals surface area contributed by atoms with E-state index in [1.54, 1.807) is 11.9 Å². The molecule has 2 aliphatic heterocycles. The fourth-order valence-corrected chi connectivity index (χ4v) is 2.11. The first-order chi connectivity index (χ1) is 10.4. The van der Waals surface area contributed by atoms with E-state index < -0.39 is 24.0 Å². The van der Waals surface area contributed by atoms with Gasteiger partial charge in [0.15, 0.2) is 0 Å². The van der Waals surface area contributed by atoms with E-state index in [1.807, 2.05) is 0 Å². The van der Waals surface area contributed by atoms with Gasteiger partial charge in [0.1, 0.15) is 6.23 Å². The minimum Gasteiger partial charge on any atom is -0.370 e. The molecule has 1 unspecified atom stereocenters. The highest BCUT2D eigenvalue weighted by Crippen LogP contribution is 2.12. The number of hydrogen-bond donors (Lipinski definition) is 1. The Morgan fingerprint density at radius 3 is 2.55 bits per heavy atom. The molecule has 1 atom stereocenters. The van der Waals surface area contributed by atoms with Gasteiger partial charge in [-0.1, -0.05) is 0 Å². The number of likely N-dealkylation sites (N-methyl/N-ethyl adjacent to an activating group) is 1. The van der Waals surface area contributed by atoms with E-state index in [1.165, 1.54) is 17.1 Å². The molecule has 1 N–H and O–H groups in total. The van der Waals surface area contributed by atoms with Gasteiger partial charge in [-0.2, -0.15) is 0 Å². The van der Waals surface area contributed by atoms with E-state index in [4.69, 9.17) is 4.84 Å². The number of amides is 3. The van der Waals surface area contributed by atoms with Gasteiger partial charge in [0.2, 0.25) is 5.91 Å². The molecule has 2 heterocycles. The van der Waals surface area contributed by atoms with Crippen LogP contribution >= 0.6 is 0 Å². The second-order valence-electron chi connectivity index (χ2n) is 5.09. The van der Waals surface area contributed by atoms with E-state index in [2.05, 4.69) is 0 Å². The molecule has 9 heteroatoms. The molecule has 1 fully saturated rings. The Bertz CT molecular complexity index is 516. The second kappa shape index (κ2) is 6.67. The van der Waals surface area contributed by atoms with Crippen LogP contribution < -0.4 is 0 Å². The lowest BCUT2D eigenvalue weighted by Crippen LogP contribution is -2.42. The number of nitrogens with zero attached hydrogens (tertiary/aromatic N) is 3. The lowest BCUT2D eigenvalue weighted by Gasteiger charge is -2.24. The Hall–Kier alpha value is -2.26. The van der Waals surface area contributed by atoms with E-state index >= 15 is 0 Å². The molecular formula is C13H17N3O6. The maximum atomic E-state index is 11.7. The Labute approximate surface area is 126 Å². The van der Waals surface area contributed by atoms with E-state index in [9.17, 15) is 24.3 Å². The van der Waals surface area contributed by atoms with Crippen molar-refractivity contribution in [3.8, 4) is 0 Å². The highest BCUT2D eigenvalue weighted by Gasteiger charge is 2.33. The van der Waals surface area contributed by atoms with Crippen molar-refractivity contribution in [1.29, 1.82) is 0 Å². The Morgan fingerprint density at radius 1 is 1.36 bits per heavy atom. The first kappa shape index (κ1) is 16.1. The maximum Gasteiger partial charge on any atom is 0.347 e. The van der Waals surface area contributed by atoms with Gasteiger partial charge < -0.3 is 14.8 Å². The number of imide groups is 1. The minimum atomic E-state index is -0.951. The zero-order valence-electron chi connectivity index (χ0n) is 12.1. The molecule has 0 aromatic rings. The summed E-state index contributed by atoms with van der Waals surface area (Å²) in [5.41, 5.74) is 0. The summed E-state index contributed by atoms with van der Waals surface area (Å²) in [5, 5.41) is 10.0. The summed E-state index contributed by atoms with van der Waals surface area (Å²) in [6.45, 7) is 0.405. The molecule has 3 amide bonds. The average Bonchev–Trinajstić information content (AvgIpc) is 2.93. The third-order valence-corrected chi connectivity index (χ3v) is 3.33. The smallest absolute Gasteiger partial charge is 0.347 e. The van der Waals surface area contributed by atoms with Crippen LogP contribution in [0.4, 0.5) is 0 Å². The van der Waals surface area contributed by atoms with Gasteiger partial charge in [-0.25, -0.2) is 4.79 Å². The van der Waals surface area contributed by atoms with Crippen molar-refractivity contribution in [3.63, 3.8) is 0 Å². The van der Waals surface area contributed by atoms with Gasteiger partial charge in [0.05, 0.1) is 6.54 Å². The molecule has 1 saturated heterocycles. The van der Waals surface area contributed by atoms with Gasteiger partial charge in [-0.15, -0.1) is 5.06 Å². The van der Waals surface area contributed by atoms with Crippen molar-refractivity contribution >= 4 is 23.7 Å². The predicted molar refractivity (Wildman–Crippen MR) is 71.5 cm³/mol. The van der Waals surface area contributed by atoms with Gasteiger partial charge in [0, 0.05) is 32.0 Å². The van der Waals surface area contributed by atoms with Crippen molar-refractivity contribution in [1.82, 2.24) is 14.9 Å². The molecule has 2 rings (SSSR count). The monoisotopic (exact) mass is 311 g/mol. The van der Waals surface area contributed by atoms with Crippen LogP contribution in [0, 0.1) is 0 Å². The van der Waals surface area contributed by atoms with E-state index in [0.29, 0.717) is 11.6 Å².